The number of nitrogens with zero attached hydrogens (tertiary/aromatic N) is 1. The second-order valence-corrected chi connectivity index (χ2v) is 6.21. The minimum atomic E-state index is -0.405. The van der Waals surface area contributed by atoms with Crippen LogP contribution in [-0.4, -0.2) is 28.8 Å². The third kappa shape index (κ3) is 2.47. The quantitative estimate of drug-likeness (QED) is 0.900. The number of piperidine rings is 1. The van der Waals surface area contributed by atoms with Crippen molar-refractivity contribution in [3.63, 3.8) is 0 Å². The van der Waals surface area contributed by atoms with Crippen LogP contribution in [0.5, 0.6) is 0 Å². The van der Waals surface area contributed by atoms with Gasteiger partial charge in [0.25, 0.3) is 5.91 Å². The lowest BCUT2D eigenvalue weighted by atomic mass is 10.0. The van der Waals surface area contributed by atoms with Gasteiger partial charge in [-0.15, -0.1) is 0 Å². The minimum absolute atomic E-state index is 0.0601. The van der Waals surface area contributed by atoms with E-state index in [4.69, 9.17) is 0 Å². The fourth-order valence-electron chi connectivity index (χ4n) is 3.11. The van der Waals surface area contributed by atoms with Gasteiger partial charge in [-0.3, -0.25) is 9.59 Å². The molecule has 116 valence electrons. The fourth-order valence-corrected chi connectivity index (χ4v) is 3.11. The Bertz CT molecular complexity index is 651. The molecule has 3 rings (SSSR count). The fraction of sp³-hybridized carbons (Fsp3) is 0.412. The highest BCUT2D eigenvalue weighted by atomic mass is 16.2. The summed E-state index contributed by atoms with van der Waals surface area (Å²) in [4.78, 5) is 26.5. The number of rotatable bonds is 3. The lowest BCUT2D eigenvalue weighted by Crippen LogP contribution is -2.49. The van der Waals surface area contributed by atoms with Crippen LogP contribution in [0.25, 0.3) is 0 Å². The third-order valence-electron chi connectivity index (χ3n) is 4.14. The van der Waals surface area contributed by atoms with Crippen LogP contribution >= 0.6 is 0 Å². The molecule has 0 spiro atoms. The average molecular weight is 299 g/mol. The topological polar surface area (TPSA) is 61.4 Å². The van der Waals surface area contributed by atoms with Gasteiger partial charge >= 0.3 is 0 Å². The molecule has 2 heterocycles. The zero-order valence-electron chi connectivity index (χ0n) is 13.0. The molecule has 2 amide bonds. The number of carbonyl (C=O) groups is 2. The van der Waals surface area contributed by atoms with E-state index in [2.05, 4.69) is 31.1 Å². The highest BCUT2D eigenvalue weighted by Crippen LogP contribution is 2.32. The van der Waals surface area contributed by atoms with Gasteiger partial charge in [-0.2, -0.15) is 0 Å². The Morgan fingerprint density at radius 1 is 1.36 bits per heavy atom. The van der Waals surface area contributed by atoms with E-state index < -0.39 is 6.04 Å². The standard InChI is InChI=1S/C17H21N3O2/c1-10(2)18-14-6-4-5-12-13(14)9-20(17(12)22)15-8-7-11(3)19-16(15)21/h4-6,10,15,18H,3,7-9H2,1-2H3,(H,19,21)/t15-/m1/s1. The lowest BCUT2D eigenvalue weighted by molar-refractivity contribution is -0.126. The van der Waals surface area contributed by atoms with Gasteiger partial charge in [-0.05, 0) is 38.8 Å². The van der Waals surface area contributed by atoms with E-state index in [-0.39, 0.29) is 17.9 Å². The van der Waals surface area contributed by atoms with Gasteiger partial charge in [-0.25, -0.2) is 0 Å². The molecule has 0 aliphatic carbocycles. The van der Waals surface area contributed by atoms with Crippen molar-refractivity contribution < 1.29 is 9.59 Å². The molecule has 22 heavy (non-hydrogen) atoms. The smallest absolute Gasteiger partial charge is 0.255 e. The van der Waals surface area contributed by atoms with Gasteiger partial charge in [-0.1, -0.05) is 12.6 Å². The van der Waals surface area contributed by atoms with Crippen molar-refractivity contribution in [2.24, 2.45) is 0 Å². The first-order valence-electron chi connectivity index (χ1n) is 7.65. The maximum Gasteiger partial charge on any atom is 0.255 e. The zero-order chi connectivity index (χ0) is 15.9. The molecule has 0 aromatic heterocycles. The molecule has 0 bridgehead atoms. The summed E-state index contributed by atoms with van der Waals surface area (Å²) in [5.74, 6) is -0.189. The molecule has 5 heteroatoms. The summed E-state index contributed by atoms with van der Waals surface area (Å²) in [6, 6.07) is 5.59. The van der Waals surface area contributed by atoms with Gasteiger partial charge < -0.3 is 15.5 Å². The molecule has 0 saturated carbocycles. The van der Waals surface area contributed by atoms with E-state index in [9.17, 15) is 9.59 Å². The third-order valence-corrected chi connectivity index (χ3v) is 4.14. The van der Waals surface area contributed by atoms with E-state index in [0.717, 1.165) is 16.9 Å². The van der Waals surface area contributed by atoms with Gasteiger partial charge in [0, 0.05) is 35.1 Å². The van der Waals surface area contributed by atoms with E-state index in [1.54, 1.807) is 4.90 Å². The summed E-state index contributed by atoms with van der Waals surface area (Å²) in [6.07, 6.45) is 1.35. The molecular formula is C17H21N3O2. The predicted molar refractivity (Wildman–Crippen MR) is 85.4 cm³/mol. The van der Waals surface area contributed by atoms with Crippen molar-refractivity contribution in [3.05, 3.63) is 41.6 Å². The molecule has 2 aliphatic rings. The number of hydrogen-bond acceptors (Lipinski definition) is 3. The van der Waals surface area contributed by atoms with Gasteiger partial charge in [0.1, 0.15) is 6.04 Å². The molecule has 5 nitrogen and oxygen atoms in total. The van der Waals surface area contributed by atoms with Gasteiger partial charge in [0.05, 0.1) is 0 Å². The summed E-state index contributed by atoms with van der Waals surface area (Å²) < 4.78 is 0. The van der Waals surface area contributed by atoms with Crippen LogP contribution in [0.2, 0.25) is 0 Å². The van der Waals surface area contributed by atoms with Crippen LogP contribution in [0, 0.1) is 0 Å². The molecule has 2 aliphatic heterocycles. The number of carbonyl (C=O) groups excluding carboxylic acids is 2. The van der Waals surface area contributed by atoms with Crippen molar-refractivity contribution in [3.8, 4) is 0 Å². The van der Waals surface area contributed by atoms with Crippen LogP contribution in [0.1, 0.15) is 42.6 Å². The summed E-state index contributed by atoms with van der Waals surface area (Å²) >= 11 is 0. The maximum absolute atomic E-state index is 12.7. The second-order valence-electron chi connectivity index (χ2n) is 6.21. The molecular weight excluding hydrogens is 278 g/mol. The second kappa shape index (κ2) is 5.48. The number of nitrogens with one attached hydrogen (secondary N) is 2. The number of fused-ring (bicyclic) bond motifs is 1. The van der Waals surface area contributed by atoms with Gasteiger partial charge in [0.15, 0.2) is 0 Å². The van der Waals surface area contributed by atoms with Crippen molar-refractivity contribution in [2.45, 2.75) is 45.3 Å². The van der Waals surface area contributed by atoms with E-state index in [1.165, 1.54) is 0 Å². The Labute approximate surface area is 130 Å². The normalized spacial score (nSPS) is 21.1. The van der Waals surface area contributed by atoms with Gasteiger partial charge in [0.2, 0.25) is 5.91 Å². The summed E-state index contributed by atoms with van der Waals surface area (Å²) in [7, 11) is 0. The molecule has 1 atom stereocenters. The predicted octanol–water partition coefficient (Wildman–Crippen LogP) is 2.25. The number of hydrogen-bond donors (Lipinski definition) is 2. The molecule has 0 radical (unpaired) electrons. The first-order valence-corrected chi connectivity index (χ1v) is 7.65. The Kier molecular flexibility index (Phi) is 3.64. The Balaban J connectivity index is 1.88. The number of amides is 2. The molecule has 2 N–H and O–H groups in total. The Morgan fingerprint density at radius 2 is 2.14 bits per heavy atom. The summed E-state index contributed by atoms with van der Waals surface area (Å²) in [5, 5.41) is 6.13. The highest BCUT2D eigenvalue weighted by molar-refractivity contribution is 6.02. The van der Waals surface area contributed by atoms with E-state index in [1.807, 2.05) is 18.2 Å². The first kappa shape index (κ1) is 14.6. The molecule has 0 unspecified atom stereocenters. The molecule has 1 aromatic rings. The van der Waals surface area contributed by atoms with E-state index in [0.29, 0.717) is 24.9 Å². The van der Waals surface area contributed by atoms with Crippen molar-refractivity contribution in [1.82, 2.24) is 10.2 Å². The van der Waals surface area contributed by atoms with Crippen LogP contribution in [0.15, 0.2) is 30.5 Å². The maximum atomic E-state index is 12.7. The summed E-state index contributed by atoms with van der Waals surface area (Å²) in [6.45, 7) is 8.39. The Hall–Kier alpha value is -2.30. The minimum Gasteiger partial charge on any atom is -0.383 e. The molecule has 1 aromatic carbocycles. The van der Waals surface area contributed by atoms with Crippen LogP contribution < -0.4 is 10.6 Å². The number of benzene rings is 1. The number of anilines is 1. The molecule has 1 fully saturated rings. The average Bonchev–Trinajstić information content (AvgIpc) is 2.77. The SMILES string of the molecule is C=C1CC[C@@H](N2Cc3c(NC(C)C)cccc3C2=O)C(=O)N1. The lowest BCUT2D eigenvalue weighted by Gasteiger charge is -2.31. The van der Waals surface area contributed by atoms with Crippen molar-refractivity contribution in [1.29, 1.82) is 0 Å². The molecule has 1 saturated heterocycles. The van der Waals surface area contributed by atoms with Crippen LogP contribution in [0.3, 0.4) is 0 Å². The monoisotopic (exact) mass is 299 g/mol. The van der Waals surface area contributed by atoms with Crippen molar-refractivity contribution in [2.75, 3.05) is 5.32 Å². The Morgan fingerprint density at radius 3 is 2.82 bits per heavy atom. The highest BCUT2D eigenvalue weighted by Gasteiger charge is 2.38. The zero-order valence-corrected chi connectivity index (χ0v) is 13.0. The van der Waals surface area contributed by atoms with Crippen molar-refractivity contribution >= 4 is 17.5 Å². The van der Waals surface area contributed by atoms with E-state index >= 15 is 0 Å². The number of allylic oxidation sites excluding steroid dienone is 1. The van der Waals surface area contributed by atoms with Crippen LogP contribution in [-0.2, 0) is 11.3 Å². The van der Waals surface area contributed by atoms with Crippen LogP contribution in [0.4, 0.5) is 5.69 Å². The summed E-state index contributed by atoms with van der Waals surface area (Å²) in [5.41, 5.74) is 3.39. The first-order chi connectivity index (χ1) is 10.5. The largest absolute Gasteiger partial charge is 0.383 e.